The number of hydrogen-bond donors (Lipinski definition) is 1. The van der Waals surface area contributed by atoms with Crippen molar-refractivity contribution in [1.29, 1.82) is 5.26 Å². The van der Waals surface area contributed by atoms with Crippen molar-refractivity contribution in [3.05, 3.63) is 72.6 Å². The fraction of sp³-hybridized carbons (Fsp3) is 0.304. The van der Waals surface area contributed by atoms with Crippen LogP contribution in [0.5, 0.6) is 0 Å². The number of pyridine rings is 1. The molecular formula is C23H26N4O2. The predicted octanol–water partition coefficient (Wildman–Crippen LogP) is 3.71. The molecule has 0 radical (unpaired) electrons. The number of anilines is 1. The highest BCUT2D eigenvalue weighted by Crippen LogP contribution is 2.29. The van der Waals surface area contributed by atoms with Crippen molar-refractivity contribution in [3.8, 4) is 6.07 Å². The Morgan fingerprint density at radius 1 is 1.28 bits per heavy atom. The topological polar surface area (TPSA) is 86.1 Å². The van der Waals surface area contributed by atoms with E-state index in [1.807, 2.05) is 32.9 Å². The molecule has 6 nitrogen and oxygen atoms in total. The van der Waals surface area contributed by atoms with E-state index in [2.05, 4.69) is 22.9 Å². The van der Waals surface area contributed by atoms with Crippen LogP contribution in [0.1, 0.15) is 44.4 Å². The van der Waals surface area contributed by atoms with Gasteiger partial charge < -0.3 is 5.32 Å². The zero-order chi connectivity index (χ0) is 21.4. The molecule has 150 valence electrons. The predicted molar refractivity (Wildman–Crippen MR) is 113 cm³/mol. The highest BCUT2D eigenvalue weighted by Gasteiger charge is 2.33. The van der Waals surface area contributed by atoms with Crippen molar-refractivity contribution in [2.75, 3.05) is 4.90 Å². The average Bonchev–Trinajstić information content (AvgIpc) is 2.69. The van der Waals surface area contributed by atoms with Gasteiger partial charge in [-0.2, -0.15) is 5.26 Å². The molecule has 0 fully saturated rings. The van der Waals surface area contributed by atoms with Crippen LogP contribution < -0.4 is 10.2 Å². The Morgan fingerprint density at radius 2 is 1.97 bits per heavy atom. The Bertz CT molecular complexity index is 893. The van der Waals surface area contributed by atoms with Crippen LogP contribution in [0.25, 0.3) is 0 Å². The lowest BCUT2D eigenvalue weighted by molar-refractivity contribution is -0.126. The van der Waals surface area contributed by atoms with Crippen molar-refractivity contribution in [2.24, 2.45) is 0 Å². The molecule has 1 heterocycles. The number of hydrogen-bond acceptors (Lipinski definition) is 4. The molecule has 0 spiro atoms. The highest BCUT2D eigenvalue weighted by molar-refractivity contribution is 6.06. The molecule has 0 aliphatic carbocycles. The van der Waals surface area contributed by atoms with E-state index >= 15 is 0 Å². The number of nitrogens with zero attached hydrogens (tertiary/aromatic N) is 3. The van der Waals surface area contributed by atoms with Gasteiger partial charge in [0, 0.05) is 35.6 Å². The Balaban J connectivity index is 2.51. The molecule has 1 aromatic carbocycles. The maximum Gasteiger partial charge on any atom is 0.251 e. The van der Waals surface area contributed by atoms with Crippen LogP contribution in [0, 0.1) is 11.3 Å². The van der Waals surface area contributed by atoms with Gasteiger partial charge in [-0.3, -0.25) is 19.5 Å². The third kappa shape index (κ3) is 6.01. The standard InChI is InChI=1S/C23H26N4O2/c1-5-20(28)27(19-12-10-17(11-13-19)8-6-14-24)21(18-9-7-15-25-16-18)22(29)26-23(2,3)4/h5,7,9-13,15-16,21H,1,6,8H2,2-4H3,(H,26,29). The fourth-order valence-electron chi connectivity index (χ4n) is 2.92. The molecule has 1 atom stereocenters. The molecule has 0 aliphatic heterocycles. The first-order valence-corrected chi connectivity index (χ1v) is 9.40. The van der Waals surface area contributed by atoms with Crippen LogP contribution in [0.15, 0.2) is 61.4 Å². The summed E-state index contributed by atoms with van der Waals surface area (Å²) in [4.78, 5) is 31.6. The number of carbonyl (C=O) groups is 2. The molecule has 0 saturated carbocycles. The summed E-state index contributed by atoms with van der Waals surface area (Å²) in [6.07, 6.45) is 5.43. The Hall–Kier alpha value is -3.46. The second-order valence-electron chi connectivity index (χ2n) is 7.67. The van der Waals surface area contributed by atoms with Gasteiger partial charge in [0.25, 0.3) is 5.91 Å². The molecule has 1 aromatic heterocycles. The van der Waals surface area contributed by atoms with E-state index in [1.54, 1.807) is 36.7 Å². The van der Waals surface area contributed by atoms with E-state index in [4.69, 9.17) is 5.26 Å². The first-order chi connectivity index (χ1) is 13.8. The van der Waals surface area contributed by atoms with Gasteiger partial charge in [-0.1, -0.05) is 24.8 Å². The van der Waals surface area contributed by atoms with Gasteiger partial charge in [-0.15, -0.1) is 0 Å². The van der Waals surface area contributed by atoms with Gasteiger partial charge in [0.05, 0.1) is 6.07 Å². The zero-order valence-corrected chi connectivity index (χ0v) is 17.1. The summed E-state index contributed by atoms with van der Waals surface area (Å²) in [5.41, 5.74) is 1.67. The van der Waals surface area contributed by atoms with Crippen molar-refractivity contribution in [3.63, 3.8) is 0 Å². The summed E-state index contributed by atoms with van der Waals surface area (Å²) in [5, 5.41) is 11.7. The smallest absolute Gasteiger partial charge is 0.251 e. The van der Waals surface area contributed by atoms with Gasteiger partial charge in [0.15, 0.2) is 0 Å². The van der Waals surface area contributed by atoms with Crippen molar-refractivity contribution in [2.45, 2.75) is 45.2 Å². The number of nitrogens with one attached hydrogen (secondary N) is 1. The monoisotopic (exact) mass is 390 g/mol. The third-order valence-electron chi connectivity index (χ3n) is 4.16. The second kappa shape index (κ2) is 9.65. The Kier molecular flexibility index (Phi) is 7.27. The van der Waals surface area contributed by atoms with E-state index in [9.17, 15) is 9.59 Å². The van der Waals surface area contributed by atoms with Crippen molar-refractivity contribution < 1.29 is 9.59 Å². The first kappa shape index (κ1) is 21.8. The largest absolute Gasteiger partial charge is 0.349 e. The number of amides is 2. The summed E-state index contributed by atoms with van der Waals surface area (Å²) < 4.78 is 0. The quantitative estimate of drug-likeness (QED) is 0.730. The Labute approximate surface area is 171 Å². The van der Waals surface area contributed by atoms with E-state index < -0.39 is 17.5 Å². The summed E-state index contributed by atoms with van der Waals surface area (Å²) in [6, 6.07) is 12.0. The molecule has 1 unspecified atom stereocenters. The Morgan fingerprint density at radius 3 is 2.48 bits per heavy atom. The van der Waals surface area contributed by atoms with E-state index in [1.165, 1.54) is 11.0 Å². The SMILES string of the molecule is C=CC(=O)N(c1ccc(CCC#N)cc1)C(C(=O)NC(C)(C)C)c1cccnc1. The number of benzene rings is 1. The van der Waals surface area contributed by atoms with Gasteiger partial charge in [-0.05, 0) is 57.0 Å². The minimum absolute atomic E-state index is 0.311. The minimum Gasteiger partial charge on any atom is -0.349 e. The van der Waals surface area contributed by atoms with E-state index in [-0.39, 0.29) is 5.91 Å². The zero-order valence-electron chi connectivity index (χ0n) is 17.1. The molecule has 2 aromatic rings. The lowest BCUT2D eigenvalue weighted by Gasteiger charge is -2.33. The number of aromatic nitrogens is 1. The van der Waals surface area contributed by atoms with Gasteiger partial charge in [0.2, 0.25) is 5.91 Å². The second-order valence-corrected chi connectivity index (χ2v) is 7.67. The molecule has 2 amide bonds. The molecule has 0 aliphatic rings. The fourth-order valence-corrected chi connectivity index (χ4v) is 2.92. The molecule has 1 N–H and O–H groups in total. The normalized spacial score (nSPS) is 11.8. The van der Waals surface area contributed by atoms with E-state index in [0.29, 0.717) is 24.1 Å². The van der Waals surface area contributed by atoms with Crippen LogP contribution >= 0.6 is 0 Å². The first-order valence-electron chi connectivity index (χ1n) is 9.40. The average molecular weight is 390 g/mol. The molecule has 2 rings (SSSR count). The van der Waals surface area contributed by atoms with Crippen molar-refractivity contribution in [1.82, 2.24) is 10.3 Å². The summed E-state index contributed by atoms with van der Waals surface area (Å²) in [5.74, 6) is -0.707. The lowest BCUT2D eigenvalue weighted by atomic mass is 10.0. The molecule has 0 saturated heterocycles. The van der Waals surface area contributed by atoms with Crippen molar-refractivity contribution >= 4 is 17.5 Å². The summed E-state index contributed by atoms with van der Waals surface area (Å²) in [7, 11) is 0. The molecule has 29 heavy (non-hydrogen) atoms. The number of aryl methyl sites for hydroxylation is 1. The van der Waals surface area contributed by atoms with Crippen LogP contribution in [0.3, 0.4) is 0 Å². The molecule has 0 bridgehead atoms. The van der Waals surface area contributed by atoms with Crippen LogP contribution in [-0.2, 0) is 16.0 Å². The summed E-state index contributed by atoms with van der Waals surface area (Å²) in [6.45, 7) is 9.25. The maximum atomic E-state index is 13.2. The van der Waals surface area contributed by atoms with Gasteiger partial charge in [-0.25, -0.2) is 0 Å². The van der Waals surface area contributed by atoms with Crippen LogP contribution in [-0.4, -0.2) is 22.3 Å². The minimum atomic E-state index is -0.904. The lowest BCUT2D eigenvalue weighted by Crippen LogP contribution is -2.49. The van der Waals surface area contributed by atoms with E-state index in [0.717, 1.165) is 5.56 Å². The third-order valence-corrected chi connectivity index (χ3v) is 4.16. The number of carbonyl (C=O) groups excluding carboxylic acids is 2. The molecular weight excluding hydrogens is 364 g/mol. The highest BCUT2D eigenvalue weighted by atomic mass is 16.2. The number of nitriles is 1. The van der Waals surface area contributed by atoms with Gasteiger partial charge >= 0.3 is 0 Å². The van der Waals surface area contributed by atoms with Gasteiger partial charge in [0.1, 0.15) is 6.04 Å². The summed E-state index contributed by atoms with van der Waals surface area (Å²) >= 11 is 0. The van der Waals surface area contributed by atoms with Crippen LogP contribution in [0.2, 0.25) is 0 Å². The van der Waals surface area contributed by atoms with Crippen LogP contribution in [0.4, 0.5) is 5.69 Å². The number of rotatable bonds is 7. The maximum absolute atomic E-state index is 13.2. The molecule has 6 heteroatoms.